The third-order valence-electron chi connectivity index (χ3n) is 9.00. The zero-order chi connectivity index (χ0) is 31.4. The van der Waals surface area contributed by atoms with Crippen molar-refractivity contribution >= 4 is 45.2 Å². The number of hydrogen-bond donors (Lipinski definition) is 4. The van der Waals surface area contributed by atoms with Crippen molar-refractivity contribution in [1.82, 2.24) is 0 Å². The average Bonchev–Trinajstić information content (AvgIpc) is 3.73. The van der Waals surface area contributed by atoms with Crippen molar-refractivity contribution in [2.45, 2.75) is 66.2 Å². The SMILES string of the molecule is CCC(C)CCc1ccc(-c2ccc(C3=C(N)C(=N)C(c4ccc(-c5ccc(CCC(C)CC)cc5)s4)=C(N)C3=N)s2)cc1. The van der Waals surface area contributed by atoms with Crippen LogP contribution in [-0.4, -0.2) is 11.4 Å². The fraction of sp³-hybridized carbons (Fsp3) is 0.316. The molecule has 0 aliphatic heterocycles. The van der Waals surface area contributed by atoms with Crippen LogP contribution < -0.4 is 11.5 Å². The second-order valence-corrected chi connectivity index (χ2v) is 14.3. The van der Waals surface area contributed by atoms with E-state index in [1.807, 2.05) is 12.1 Å². The standard InChI is InChI=1S/C38H44N4S2/c1-5-23(3)7-9-25-11-15-27(16-12-25)29-19-21-31(43-29)33-35(39)37(41)34(38(42)36(33)40)32-22-20-30(44-32)28-17-13-26(14-18-28)10-8-24(4)6-2/h11-24,39,42H,5-10,40-41H2,1-4H3. The van der Waals surface area contributed by atoms with Gasteiger partial charge in [-0.3, -0.25) is 10.8 Å². The van der Waals surface area contributed by atoms with Gasteiger partial charge in [0, 0.05) is 30.7 Å². The van der Waals surface area contributed by atoms with E-state index in [-0.39, 0.29) is 11.4 Å². The molecule has 0 spiro atoms. The van der Waals surface area contributed by atoms with Gasteiger partial charge in [-0.05, 0) is 84.0 Å². The third kappa shape index (κ3) is 6.82. The Morgan fingerprint density at radius 3 is 1.23 bits per heavy atom. The molecule has 4 aromatic rings. The van der Waals surface area contributed by atoms with Crippen LogP contribution in [0.4, 0.5) is 0 Å². The number of nitrogens with two attached hydrogens (primary N) is 2. The van der Waals surface area contributed by atoms with E-state index in [0.717, 1.165) is 55.3 Å². The Morgan fingerprint density at radius 1 is 0.545 bits per heavy atom. The molecule has 2 aromatic heterocycles. The Bertz CT molecular complexity index is 1570. The lowest BCUT2D eigenvalue weighted by Crippen LogP contribution is -2.28. The first-order chi connectivity index (χ1) is 21.2. The van der Waals surface area contributed by atoms with Gasteiger partial charge in [0.25, 0.3) is 0 Å². The number of benzene rings is 2. The van der Waals surface area contributed by atoms with Crippen LogP contribution >= 0.6 is 22.7 Å². The maximum Gasteiger partial charge on any atom is 0.0884 e. The number of thiophene rings is 2. The first-order valence-corrected chi connectivity index (χ1v) is 17.4. The Hall–Kier alpha value is -3.74. The van der Waals surface area contributed by atoms with Crippen LogP contribution in [0.3, 0.4) is 0 Å². The van der Waals surface area contributed by atoms with E-state index in [9.17, 15) is 0 Å². The van der Waals surface area contributed by atoms with Gasteiger partial charge in [0.1, 0.15) is 0 Å². The summed E-state index contributed by atoms with van der Waals surface area (Å²) in [7, 11) is 0. The molecule has 2 atom stereocenters. The molecular weight excluding hydrogens is 577 g/mol. The molecule has 0 radical (unpaired) electrons. The summed E-state index contributed by atoms with van der Waals surface area (Å²) in [5, 5.41) is 18.0. The van der Waals surface area contributed by atoms with E-state index in [0.29, 0.717) is 22.5 Å². The zero-order valence-electron chi connectivity index (χ0n) is 26.3. The Labute approximate surface area is 270 Å². The minimum absolute atomic E-state index is 0.183. The molecule has 4 nitrogen and oxygen atoms in total. The highest BCUT2D eigenvalue weighted by molar-refractivity contribution is 7.17. The maximum absolute atomic E-state index is 9.00. The van der Waals surface area contributed by atoms with Crippen LogP contribution in [0.25, 0.3) is 32.0 Å². The number of aryl methyl sites for hydroxylation is 2. The topological polar surface area (TPSA) is 99.7 Å². The lowest BCUT2D eigenvalue weighted by molar-refractivity contribution is 0.516. The molecular formula is C38H44N4S2. The molecule has 6 heteroatoms. The van der Waals surface area contributed by atoms with Gasteiger partial charge in [0.2, 0.25) is 0 Å². The smallest absolute Gasteiger partial charge is 0.0884 e. The molecule has 5 rings (SSSR count). The van der Waals surface area contributed by atoms with Gasteiger partial charge < -0.3 is 11.5 Å². The molecule has 2 aromatic carbocycles. The van der Waals surface area contributed by atoms with Crippen molar-refractivity contribution in [3.05, 3.63) is 105 Å². The molecule has 228 valence electrons. The van der Waals surface area contributed by atoms with Gasteiger partial charge in [-0.25, -0.2) is 0 Å². The Kier molecular flexibility index (Phi) is 10.0. The minimum Gasteiger partial charge on any atom is -0.396 e. The quantitative estimate of drug-likeness (QED) is 0.118. The van der Waals surface area contributed by atoms with Gasteiger partial charge in [0.05, 0.1) is 22.8 Å². The summed E-state index contributed by atoms with van der Waals surface area (Å²) in [4.78, 5) is 3.93. The van der Waals surface area contributed by atoms with E-state index >= 15 is 0 Å². The molecule has 1 aliphatic rings. The number of allylic oxidation sites excluding steroid dienone is 2. The summed E-state index contributed by atoms with van der Waals surface area (Å²) in [5.41, 5.74) is 20.3. The van der Waals surface area contributed by atoms with Gasteiger partial charge in [-0.2, -0.15) is 0 Å². The van der Waals surface area contributed by atoms with Crippen molar-refractivity contribution in [2.75, 3.05) is 0 Å². The van der Waals surface area contributed by atoms with Crippen LogP contribution in [0.15, 0.2) is 84.2 Å². The molecule has 6 N–H and O–H groups in total. The van der Waals surface area contributed by atoms with Crippen molar-refractivity contribution in [2.24, 2.45) is 23.3 Å². The van der Waals surface area contributed by atoms with Crippen molar-refractivity contribution in [1.29, 1.82) is 10.8 Å². The Balaban J connectivity index is 1.32. The van der Waals surface area contributed by atoms with Crippen molar-refractivity contribution < 1.29 is 0 Å². The van der Waals surface area contributed by atoms with E-state index < -0.39 is 0 Å². The minimum atomic E-state index is 0.183. The Morgan fingerprint density at radius 2 is 0.886 bits per heavy atom. The van der Waals surface area contributed by atoms with E-state index in [1.165, 1.54) is 36.8 Å². The molecule has 0 saturated heterocycles. The van der Waals surface area contributed by atoms with E-state index in [2.05, 4.69) is 88.4 Å². The second-order valence-electron chi connectivity index (χ2n) is 12.2. The maximum atomic E-state index is 9.00. The highest BCUT2D eigenvalue weighted by Crippen LogP contribution is 2.40. The molecule has 1 aliphatic carbocycles. The predicted octanol–water partition coefficient (Wildman–Crippen LogP) is 10.2. The van der Waals surface area contributed by atoms with Crippen molar-refractivity contribution in [3.63, 3.8) is 0 Å². The molecule has 2 heterocycles. The summed E-state index contributed by atoms with van der Waals surface area (Å²) < 4.78 is 0. The average molecular weight is 621 g/mol. The summed E-state index contributed by atoms with van der Waals surface area (Å²) in [5.74, 6) is 1.48. The molecule has 44 heavy (non-hydrogen) atoms. The predicted molar refractivity (Wildman–Crippen MR) is 193 cm³/mol. The van der Waals surface area contributed by atoms with Gasteiger partial charge in [-0.1, -0.05) is 89.1 Å². The lowest BCUT2D eigenvalue weighted by Gasteiger charge is -2.22. The number of hydrogen-bond acceptors (Lipinski definition) is 6. The first kappa shape index (κ1) is 31.7. The van der Waals surface area contributed by atoms with Crippen LogP contribution in [0.2, 0.25) is 0 Å². The fourth-order valence-electron chi connectivity index (χ4n) is 5.46. The first-order valence-electron chi connectivity index (χ1n) is 15.8. The largest absolute Gasteiger partial charge is 0.396 e. The summed E-state index contributed by atoms with van der Waals surface area (Å²) >= 11 is 3.17. The van der Waals surface area contributed by atoms with Gasteiger partial charge >= 0.3 is 0 Å². The number of nitrogens with one attached hydrogen (secondary N) is 2. The molecule has 2 unspecified atom stereocenters. The molecule has 0 saturated carbocycles. The van der Waals surface area contributed by atoms with Crippen LogP contribution in [0.1, 0.15) is 74.3 Å². The van der Waals surface area contributed by atoms with Crippen LogP contribution in [-0.2, 0) is 12.8 Å². The summed E-state index contributed by atoms with van der Waals surface area (Å²) in [6.07, 6.45) is 7.02. The second kappa shape index (κ2) is 13.9. The highest BCUT2D eigenvalue weighted by Gasteiger charge is 2.30. The normalized spacial score (nSPS) is 15.3. The summed E-state index contributed by atoms with van der Waals surface area (Å²) in [6, 6.07) is 25.7. The van der Waals surface area contributed by atoms with Gasteiger partial charge in [0.15, 0.2) is 0 Å². The molecule has 0 bridgehead atoms. The van der Waals surface area contributed by atoms with Crippen LogP contribution in [0.5, 0.6) is 0 Å². The lowest BCUT2D eigenvalue weighted by atomic mass is 9.88. The highest BCUT2D eigenvalue weighted by atomic mass is 32.1. The summed E-state index contributed by atoms with van der Waals surface area (Å²) in [6.45, 7) is 9.11. The van der Waals surface area contributed by atoms with Crippen molar-refractivity contribution in [3.8, 4) is 20.9 Å². The monoisotopic (exact) mass is 620 g/mol. The van der Waals surface area contributed by atoms with Crippen LogP contribution in [0, 0.1) is 22.7 Å². The van der Waals surface area contributed by atoms with Gasteiger partial charge in [-0.15, -0.1) is 22.7 Å². The fourth-order valence-corrected chi connectivity index (χ4v) is 7.62. The van der Waals surface area contributed by atoms with E-state index in [4.69, 9.17) is 22.3 Å². The molecule has 0 amide bonds. The number of rotatable bonds is 12. The third-order valence-corrected chi connectivity index (χ3v) is 11.3. The van der Waals surface area contributed by atoms with E-state index in [1.54, 1.807) is 22.7 Å². The zero-order valence-corrected chi connectivity index (χ0v) is 27.9. The molecule has 0 fully saturated rings.